The van der Waals surface area contributed by atoms with Gasteiger partial charge in [-0.3, -0.25) is 7.32 Å². The van der Waals surface area contributed by atoms with E-state index in [-0.39, 0.29) is 41.7 Å². The first kappa shape index (κ1) is 9.59. The molecule has 5 heteroatoms. The van der Waals surface area contributed by atoms with Crippen molar-refractivity contribution in [2.24, 2.45) is 0 Å². The largest absolute Gasteiger partial charge is 3.00 e. The normalized spacial score (nSPS) is 5.40. The van der Waals surface area contributed by atoms with Crippen LogP contribution in [0.3, 0.4) is 0 Å². The van der Waals surface area contributed by atoms with Gasteiger partial charge in [0.15, 0.2) is 0 Å². The smallest absolute Gasteiger partial charge is 0.907 e. The second-order valence-electron chi connectivity index (χ2n) is 0.289. The molecule has 0 fully saturated rings. The van der Waals surface area contributed by atoms with E-state index in [4.69, 9.17) is 15.1 Å². The Balaban J connectivity index is 0. The maximum Gasteiger partial charge on any atom is 3.00 e. The zero-order chi connectivity index (χ0) is 3.58. The molecular weight excluding hydrogens is 199 g/mol. The average Bonchev–Trinajstić information content (AvgIpc) is 0.811. The van der Waals surface area contributed by atoms with E-state index >= 15 is 0 Å². The molecule has 0 aliphatic carbocycles. The van der Waals surface area contributed by atoms with Crippen LogP contribution < -0.4 is 15.1 Å². The fraction of sp³-hybridized carbons (Fsp3) is 0. The molecule has 0 heterocycles. The van der Waals surface area contributed by atoms with Crippen LogP contribution in [0.25, 0.3) is 0 Å². The Bertz CT molecular complexity index is 11.6. The van der Waals surface area contributed by atoms with Gasteiger partial charge in [0.25, 0.3) is 0 Å². The molecule has 0 rings (SSSR count). The fourth-order valence-electron chi connectivity index (χ4n) is 0. The van der Waals surface area contributed by atoms with Crippen LogP contribution in [0.5, 0.6) is 0 Å². The first-order chi connectivity index (χ1) is 1.73. The minimum Gasteiger partial charge on any atom is -0.907 e. The quantitative estimate of drug-likeness (QED) is 0.374. The van der Waals surface area contributed by atoms with E-state index in [0.29, 0.717) is 0 Å². The Morgan fingerprint density at radius 3 is 1.00 bits per heavy atom. The van der Waals surface area contributed by atoms with Gasteiger partial charge in [0.05, 0.1) is 0 Å². The summed E-state index contributed by atoms with van der Waals surface area (Å²) in [6.45, 7) is 0. The molecule has 0 aliphatic rings. The van der Waals surface area contributed by atoms with Crippen molar-refractivity contribution < 1.29 is 56.8 Å². The van der Waals surface area contributed by atoms with Crippen molar-refractivity contribution in [3.63, 3.8) is 0 Å². The van der Waals surface area contributed by atoms with Crippen molar-refractivity contribution in [3.8, 4) is 0 Å². The molecule has 0 unspecified atom stereocenters. The standard InChI is InChI=1S/BO3.Ce/c2-1(3)4;/q-3;+3. The van der Waals surface area contributed by atoms with E-state index < -0.39 is 7.32 Å². The van der Waals surface area contributed by atoms with Crippen LogP contribution in [0.4, 0.5) is 0 Å². The minimum absolute atomic E-state index is 0. The first-order valence-electron chi connectivity index (χ1n) is 0.707. The van der Waals surface area contributed by atoms with Gasteiger partial charge in [0.2, 0.25) is 0 Å². The van der Waals surface area contributed by atoms with Crippen LogP contribution in [0.2, 0.25) is 0 Å². The zero-order valence-electron chi connectivity index (χ0n) is 2.30. The van der Waals surface area contributed by atoms with E-state index in [1.165, 1.54) is 0 Å². The van der Waals surface area contributed by atoms with Gasteiger partial charge < -0.3 is 15.1 Å². The molecule has 0 spiro atoms. The predicted molar refractivity (Wildman–Crippen MR) is 5.75 cm³/mol. The maximum absolute atomic E-state index is 8.42. The summed E-state index contributed by atoms with van der Waals surface area (Å²) in [5.74, 6) is 0. The van der Waals surface area contributed by atoms with Gasteiger partial charge in [-0.1, -0.05) is 0 Å². The maximum atomic E-state index is 8.42. The third-order valence-corrected chi connectivity index (χ3v) is 0. The Morgan fingerprint density at radius 1 is 1.00 bits per heavy atom. The van der Waals surface area contributed by atoms with Crippen molar-refractivity contribution in [3.05, 3.63) is 0 Å². The van der Waals surface area contributed by atoms with Crippen molar-refractivity contribution in [2.75, 3.05) is 0 Å². The van der Waals surface area contributed by atoms with Crippen molar-refractivity contribution >= 4 is 7.32 Å². The summed E-state index contributed by atoms with van der Waals surface area (Å²) in [5, 5.41) is 25.2. The van der Waals surface area contributed by atoms with Crippen molar-refractivity contribution in [1.29, 1.82) is 0 Å². The van der Waals surface area contributed by atoms with Gasteiger partial charge in [0, 0.05) is 0 Å². The van der Waals surface area contributed by atoms with Crippen LogP contribution in [0.15, 0.2) is 0 Å². The van der Waals surface area contributed by atoms with Crippen LogP contribution in [-0.4, -0.2) is 7.32 Å². The molecule has 0 N–H and O–H groups in total. The molecule has 1 radical (unpaired) electrons. The molecule has 0 aromatic carbocycles. The second-order valence-corrected chi connectivity index (χ2v) is 0.289. The molecule has 0 atom stereocenters. The summed E-state index contributed by atoms with van der Waals surface area (Å²) in [7, 11) is -2.92. The van der Waals surface area contributed by atoms with Gasteiger partial charge in [-0.2, -0.15) is 0 Å². The van der Waals surface area contributed by atoms with Crippen LogP contribution in [0.1, 0.15) is 0 Å². The molecule has 5 heavy (non-hydrogen) atoms. The minimum atomic E-state index is -2.92. The molecule has 3 nitrogen and oxygen atoms in total. The topological polar surface area (TPSA) is 69.2 Å². The Morgan fingerprint density at radius 2 is 1.00 bits per heavy atom. The number of hydrogen-bond acceptors (Lipinski definition) is 3. The second kappa shape index (κ2) is 5.32. The molecule has 25 valence electrons. The van der Waals surface area contributed by atoms with E-state index in [0.717, 1.165) is 0 Å². The molecule has 0 bridgehead atoms. The number of rotatable bonds is 0. The third kappa shape index (κ3) is 33.6. The van der Waals surface area contributed by atoms with E-state index in [2.05, 4.69) is 0 Å². The molecular formula is BCeO3. The summed E-state index contributed by atoms with van der Waals surface area (Å²) < 4.78 is 0. The first-order valence-corrected chi connectivity index (χ1v) is 0.707. The molecule has 0 aliphatic heterocycles. The SMILES string of the molecule is [Ce+3].[O-]B([O-])[O-]. The summed E-state index contributed by atoms with van der Waals surface area (Å²) in [5.41, 5.74) is 0. The van der Waals surface area contributed by atoms with Crippen LogP contribution in [0, 0.1) is 41.7 Å². The number of hydrogen-bond donors (Lipinski definition) is 0. The van der Waals surface area contributed by atoms with Gasteiger partial charge in [-0.25, -0.2) is 0 Å². The molecule has 0 aromatic heterocycles. The van der Waals surface area contributed by atoms with Gasteiger partial charge in [0.1, 0.15) is 0 Å². The monoisotopic (exact) mass is 199 g/mol. The van der Waals surface area contributed by atoms with Gasteiger partial charge in [-0.05, 0) is 0 Å². The summed E-state index contributed by atoms with van der Waals surface area (Å²) in [6, 6.07) is 0. The van der Waals surface area contributed by atoms with E-state index in [9.17, 15) is 0 Å². The fourth-order valence-corrected chi connectivity index (χ4v) is 0. The molecule has 0 saturated carbocycles. The summed E-state index contributed by atoms with van der Waals surface area (Å²) in [6.07, 6.45) is 0. The summed E-state index contributed by atoms with van der Waals surface area (Å²) in [4.78, 5) is 0. The Kier molecular flexibility index (Phi) is 10.2. The van der Waals surface area contributed by atoms with E-state index in [1.807, 2.05) is 0 Å². The third-order valence-electron chi connectivity index (χ3n) is 0. The zero-order valence-corrected chi connectivity index (χ0v) is 5.44. The molecule has 0 saturated heterocycles. The van der Waals surface area contributed by atoms with Crippen molar-refractivity contribution in [1.82, 2.24) is 0 Å². The molecule has 0 amide bonds. The van der Waals surface area contributed by atoms with E-state index in [1.54, 1.807) is 0 Å². The Labute approximate surface area is 63.6 Å². The summed E-state index contributed by atoms with van der Waals surface area (Å²) >= 11 is 0. The van der Waals surface area contributed by atoms with Crippen LogP contribution >= 0.6 is 0 Å². The Hall–Kier alpha value is 1.32. The van der Waals surface area contributed by atoms with Gasteiger partial charge >= 0.3 is 41.7 Å². The predicted octanol–water partition coefficient (Wildman–Crippen LogP) is -3.95. The average molecular weight is 199 g/mol. The van der Waals surface area contributed by atoms with Gasteiger partial charge in [-0.15, -0.1) is 0 Å². The van der Waals surface area contributed by atoms with Crippen LogP contribution in [-0.2, 0) is 0 Å². The van der Waals surface area contributed by atoms with Crippen molar-refractivity contribution in [2.45, 2.75) is 0 Å². The molecule has 0 aromatic rings.